The highest BCUT2D eigenvalue weighted by Gasteiger charge is 2.35. The number of ketones is 1. The number of benzene rings is 2. The lowest BCUT2D eigenvalue weighted by Gasteiger charge is -2.33. The van der Waals surface area contributed by atoms with Crippen LogP contribution in [0.1, 0.15) is 51.9 Å². The molecule has 188 valence electrons. The maximum absolute atomic E-state index is 14.6. The minimum atomic E-state index is 0.0817. The number of hydrogen-bond acceptors (Lipinski definition) is 4. The molecule has 1 saturated carbocycles. The molecule has 4 heteroatoms. The third-order valence-electron chi connectivity index (χ3n) is 8.18. The van der Waals surface area contributed by atoms with Gasteiger partial charge in [-0.3, -0.25) is 9.78 Å². The molecule has 0 unspecified atom stereocenters. The molecule has 1 fully saturated rings. The van der Waals surface area contributed by atoms with E-state index in [0.717, 1.165) is 52.1 Å². The van der Waals surface area contributed by atoms with E-state index in [9.17, 15) is 4.79 Å². The zero-order chi connectivity index (χ0) is 25.6. The van der Waals surface area contributed by atoms with Crippen molar-refractivity contribution in [3.63, 3.8) is 0 Å². The van der Waals surface area contributed by atoms with E-state index in [2.05, 4.69) is 58.5 Å². The van der Waals surface area contributed by atoms with Crippen LogP contribution in [0.5, 0.6) is 5.75 Å². The average molecular weight is 499 g/mol. The Morgan fingerprint density at radius 3 is 2.74 bits per heavy atom. The Balaban J connectivity index is 1.39. The lowest BCUT2D eigenvalue weighted by molar-refractivity contribution is 0.102. The van der Waals surface area contributed by atoms with Gasteiger partial charge < -0.3 is 9.64 Å². The van der Waals surface area contributed by atoms with E-state index in [4.69, 9.17) is 4.74 Å². The molecule has 7 rings (SSSR count). The topological polar surface area (TPSA) is 42.4 Å². The fourth-order valence-corrected chi connectivity index (χ4v) is 5.97. The van der Waals surface area contributed by atoms with Crippen molar-refractivity contribution in [1.82, 2.24) is 4.98 Å². The van der Waals surface area contributed by atoms with Crippen LogP contribution in [0.15, 0.2) is 96.5 Å². The van der Waals surface area contributed by atoms with Crippen molar-refractivity contribution in [3.8, 4) is 5.75 Å². The Hall–Kier alpha value is -4.18. The number of likely N-dealkylation sites (N-methyl/N-ethyl adjacent to an activating group) is 1. The molecule has 2 aromatic carbocycles. The van der Waals surface area contributed by atoms with E-state index in [1.165, 1.54) is 29.6 Å². The summed E-state index contributed by atoms with van der Waals surface area (Å²) in [5, 5.41) is 0. The van der Waals surface area contributed by atoms with Gasteiger partial charge in [0.25, 0.3) is 0 Å². The van der Waals surface area contributed by atoms with Gasteiger partial charge in [-0.05, 0) is 83.2 Å². The van der Waals surface area contributed by atoms with E-state index >= 15 is 0 Å². The van der Waals surface area contributed by atoms with Crippen LogP contribution >= 0.6 is 0 Å². The molecule has 38 heavy (non-hydrogen) atoms. The van der Waals surface area contributed by atoms with Crippen LogP contribution < -0.4 is 9.64 Å². The number of carbonyl (C=O) groups excluding carboxylic acids is 1. The summed E-state index contributed by atoms with van der Waals surface area (Å²) in [5.74, 6) is 1.47. The monoisotopic (exact) mass is 498 g/mol. The molecule has 1 aromatic heterocycles. The van der Waals surface area contributed by atoms with Crippen molar-refractivity contribution < 1.29 is 9.53 Å². The van der Waals surface area contributed by atoms with Crippen molar-refractivity contribution in [2.45, 2.75) is 32.1 Å². The first-order chi connectivity index (χ1) is 18.7. The summed E-state index contributed by atoms with van der Waals surface area (Å²) in [6, 6.07) is 16.5. The highest BCUT2D eigenvalue weighted by atomic mass is 16.5. The van der Waals surface area contributed by atoms with Crippen LogP contribution in [-0.2, 0) is 12.8 Å². The molecule has 0 aliphatic heterocycles. The van der Waals surface area contributed by atoms with Crippen molar-refractivity contribution in [2.24, 2.45) is 5.92 Å². The lowest BCUT2D eigenvalue weighted by atomic mass is 9.75. The summed E-state index contributed by atoms with van der Waals surface area (Å²) in [6.07, 6.45) is 17.3. The van der Waals surface area contributed by atoms with Gasteiger partial charge in [0.2, 0.25) is 5.78 Å². The molecular weight excluding hydrogens is 468 g/mol. The van der Waals surface area contributed by atoms with Crippen molar-refractivity contribution in [1.29, 1.82) is 0 Å². The van der Waals surface area contributed by atoms with E-state index in [1.54, 1.807) is 12.4 Å². The highest BCUT2D eigenvalue weighted by Crippen LogP contribution is 2.44. The third-order valence-corrected chi connectivity index (χ3v) is 8.18. The molecule has 4 nitrogen and oxygen atoms in total. The Morgan fingerprint density at radius 1 is 1.03 bits per heavy atom. The molecule has 0 atom stereocenters. The number of rotatable bonds is 6. The van der Waals surface area contributed by atoms with Gasteiger partial charge in [-0.2, -0.15) is 0 Å². The number of pyridine rings is 1. The SMILES string of the molecule is CN(C1=C(c2ccncc2OCC2CC2)Cc2ccc3c(c2C1=O)CC=C1CC=CC=C13)c1ccccc1. The second-order valence-corrected chi connectivity index (χ2v) is 10.6. The van der Waals surface area contributed by atoms with Gasteiger partial charge in [0.05, 0.1) is 18.5 Å². The van der Waals surface area contributed by atoms with Gasteiger partial charge in [-0.1, -0.05) is 54.6 Å². The minimum absolute atomic E-state index is 0.0817. The predicted octanol–water partition coefficient (Wildman–Crippen LogP) is 6.98. The van der Waals surface area contributed by atoms with Crippen LogP contribution in [0.2, 0.25) is 0 Å². The fraction of sp³-hybridized carbons (Fsp3) is 0.235. The number of allylic oxidation sites excluding steroid dienone is 8. The molecule has 0 radical (unpaired) electrons. The van der Waals surface area contributed by atoms with Gasteiger partial charge in [0.1, 0.15) is 5.75 Å². The van der Waals surface area contributed by atoms with Crippen LogP contribution in [0, 0.1) is 5.92 Å². The number of anilines is 1. The molecular formula is C34H30N2O2. The molecule has 0 spiro atoms. The minimum Gasteiger partial charge on any atom is -0.491 e. The van der Waals surface area contributed by atoms with Crippen LogP contribution in [0.25, 0.3) is 11.1 Å². The maximum Gasteiger partial charge on any atom is 0.210 e. The second kappa shape index (κ2) is 9.29. The number of nitrogens with zero attached hydrogens (tertiary/aromatic N) is 2. The zero-order valence-electron chi connectivity index (χ0n) is 21.6. The molecule has 0 N–H and O–H groups in total. The fourth-order valence-electron chi connectivity index (χ4n) is 5.97. The van der Waals surface area contributed by atoms with Crippen molar-refractivity contribution in [2.75, 3.05) is 18.6 Å². The first-order valence-corrected chi connectivity index (χ1v) is 13.5. The molecule has 1 heterocycles. The van der Waals surface area contributed by atoms with Gasteiger partial charge in [0.15, 0.2) is 0 Å². The zero-order valence-corrected chi connectivity index (χ0v) is 21.6. The van der Waals surface area contributed by atoms with E-state index in [1.807, 2.05) is 31.3 Å². The van der Waals surface area contributed by atoms with Gasteiger partial charge in [0, 0.05) is 36.5 Å². The Kier molecular flexibility index (Phi) is 5.61. The first kappa shape index (κ1) is 23.0. The largest absolute Gasteiger partial charge is 0.491 e. The standard InChI is InChI=1S/C34H30N2O2/c1-36(25-8-3-2-4-9-25)33-30(28-17-18-35-20-31(28)38-21-22-11-12-22)19-24-14-15-27-26-10-6-5-7-23(26)13-16-29(27)32(24)34(33)37/h2-6,8-10,13-15,17-18,20,22H,7,11-12,16,19,21H2,1H3. The van der Waals surface area contributed by atoms with Gasteiger partial charge in [-0.25, -0.2) is 0 Å². The number of carbonyl (C=O) groups is 1. The Labute approximate surface area is 223 Å². The van der Waals surface area contributed by atoms with Gasteiger partial charge in [-0.15, -0.1) is 0 Å². The first-order valence-electron chi connectivity index (χ1n) is 13.5. The Bertz CT molecular complexity index is 1570. The number of Topliss-reactive ketones (excluding diaryl/α,β-unsaturated/α-hetero) is 1. The molecule has 4 aliphatic rings. The normalized spacial score (nSPS) is 17.8. The summed E-state index contributed by atoms with van der Waals surface area (Å²) in [4.78, 5) is 21.0. The summed E-state index contributed by atoms with van der Waals surface area (Å²) in [6.45, 7) is 0.700. The summed E-state index contributed by atoms with van der Waals surface area (Å²) in [5.41, 5.74) is 10.6. The predicted molar refractivity (Wildman–Crippen MR) is 152 cm³/mol. The van der Waals surface area contributed by atoms with Crippen molar-refractivity contribution >= 4 is 22.6 Å². The van der Waals surface area contributed by atoms with Crippen LogP contribution in [-0.4, -0.2) is 24.4 Å². The number of fused-ring (bicyclic) bond motifs is 5. The molecule has 3 aromatic rings. The highest BCUT2D eigenvalue weighted by molar-refractivity contribution is 6.19. The van der Waals surface area contributed by atoms with E-state index in [-0.39, 0.29) is 5.78 Å². The number of hydrogen-bond donors (Lipinski definition) is 0. The van der Waals surface area contributed by atoms with E-state index in [0.29, 0.717) is 24.6 Å². The van der Waals surface area contributed by atoms with E-state index < -0.39 is 0 Å². The molecule has 0 saturated heterocycles. The van der Waals surface area contributed by atoms with Gasteiger partial charge >= 0.3 is 0 Å². The Morgan fingerprint density at radius 2 is 1.89 bits per heavy atom. The quantitative estimate of drug-likeness (QED) is 0.368. The summed E-state index contributed by atoms with van der Waals surface area (Å²) < 4.78 is 6.27. The second-order valence-electron chi connectivity index (χ2n) is 10.6. The third kappa shape index (κ3) is 3.92. The van der Waals surface area contributed by atoms with Crippen LogP contribution in [0.3, 0.4) is 0 Å². The molecule has 0 amide bonds. The number of aromatic nitrogens is 1. The average Bonchev–Trinajstić information content (AvgIpc) is 3.80. The van der Waals surface area contributed by atoms with Crippen LogP contribution in [0.4, 0.5) is 5.69 Å². The molecule has 0 bridgehead atoms. The number of para-hydroxylation sites is 1. The maximum atomic E-state index is 14.6. The lowest BCUT2D eigenvalue weighted by Crippen LogP contribution is -2.30. The van der Waals surface area contributed by atoms with Crippen molar-refractivity contribution in [3.05, 3.63) is 124 Å². The smallest absolute Gasteiger partial charge is 0.210 e. The summed E-state index contributed by atoms with van der Waals surface area (Å²) >= 11 is 0. The summed E-state index contributed by atoms with van der Waals surface area (Å²) in [7, 11) is 2.00. The number of ether oxygens (including phenoxy) is 1. The molecule has 4 aliphatic carbocycles.